The van der Waals surface area contributed by atoms with Crippen molar-refractivity contribution in [3.05, 3.63) is 64.9 Å². The first-order valence-corrected chi connectivity index (χ1v) is 7.90. The number of aromatic nitrogens is 1. The Morgan fingerprint density at radius 2 is 1.96 bits per heavy atom. The van der Waals surface area contributed by atoms with Crippen molar-refractivity contribution in [1.29, 1.82) is 0 Å². The Kier molecular flexibility index (Phi) is 4.34. The highest BCUT2D eigenvalue weighted by atomic mass is 32.1. The molecule has 0 fully saturated rings. The molecule has 3 aromatic rings. The van der Waals surface area contributed by atoms with Gasteiger partial charge in [-0.05, 0) is 18.4 Å². The average Bonchev–Trinajstić information content (AvgIpc) is 3.24. The second-order valence-corrected chi connectivity index (χ2v) is 5.58. The summed E-state index contributed by atoms with van der Waals surface area (Å²) in [6, 6.07) is 12.4. The predicted octanol–water partition coefficient (Wildman–Crippen LogP) is 3.81. The lowest BCUT2D eigenvalue weighted by molar-refractivity contribution is 0.0515. The normalized spacial score (nSPS) is 10.5. The molecule has 0 unspecified atom stereocenters. The van der Waals surface area contributed by atoms with Crippen molar-refractivity contribution in [3.63, 3.8) is 0 Å². The van der Waals surface area contributed by atoms with Gasteiger partial charge in [-0.3, -0.25) is 4.79 Å². The Labute approximate surface area is 136 Å². The summed E-state index contributed by atoms with van der Waals surface area (Å²) in [5.74, 6) is -0.884. The average molecular weight is 327 g/mol. The van der Waals surface area contributed by atoms with Gasteiger partial charge in [-0.1, -0.05) is 41.6 Å². The van der Waals surface area contributed by atoms with E-state index in [1.807, 2.05) is 23.6 Å². The summed E-state index contributed by atoms with van der Waals surface area (Å²) in [7, 11) is 0. The van der Waals surface area contributed by atoms with Gasteiger partial charge in [-0.15, -0.1) is 11.3 Å². The monoisotopic (exact) mass is 327 g/mol. The van der Waals surface area contributed by atoms with E-state index in [0.29, 0.717) is 11.1 Å². The number of carbonyl (C=O) groups excluding carboxylic acids is 2. The Balaban J connectivity index is 2.11. The van der Waals surface area contributed by atoms with E-state index in [1.165, 1.54) is 11.3 Å². The molecule has 0 aliphatic rings. The lowest BCUT2D eigenvalue weighted by Crippen LogP contribution is -2.07. The molecule has 0 amide bonds. The third-order valence-electron chi connectivity index (χ3n) is 3.17. The van der Waals surface area contributed by atoms with Gasteiger partial charge in [0.1, 0.15) is 0 Å². The van der Waals surface area contributed by atoms with Gasteiger partial charge >= 0.3 is 5.97 Å². The zero-order chi connectivity index (χ0) is 16.2. The second-order valence-electron chi connectivity index (χ2n) is 4.63. The standard InChI is InChI=1S/C17H13NO4S/c1-2-21-17(20)14-13(12-9-6-10-23-12)16(22-18-14)15(19)11-7-4-3-5-8-11/h3-10H,2H2,1H3. The largest absolute Gasteiger partial charge is 0.461 e. The van der Waals surface area contributed by atoms with E-state index in [1.54, 1.807) is 31.2 Å². The van der Waals surface area contributed by atoms with Crippen LogP contribution in [0.25, 0.3) is 10.4 Å². The molecule has 0 N–H and O–H groups in total. The van der Waals surface area contributed by atoms with Crippen LogP contribution in [0.5, 0.6) is 0 Å². The van der Waals surface area contributed by atoms with E-state index >= 15 is 0 Å². The van der Waals surface area contributed by atoms with Crippen LogP contribution < -0.4 is 0 Å². The maximum atomic E-state index is 12.7. The zero-order valence-corrected chi connectivity index (χ0v) is 13.1. The van der Waals surface area contributed by atoms with Gasteiger partial charge in [-0.25, -0.2) is 4.79 Å². The highest BCUT2D eigenvalue weighted by Crippen LogP contribution is 2.33. The van der Waals surface area contributed by atoms with Crippen LogP contribution in [0.3, 0.4) is 0 Å². The Bertz CT molecular complexity index is 822. The van der Waals surface area contributed by atoms with Crippen molar-refractivity contribution in [2.45, 2.75) is 6.92 Å². The first kappa shape index (κ1) is 15.2. The number of carbonyl (C=O) groups is 2. The van der Waals surface area contributed by atoms with Gasteiger partial charge in [0.2, 0.25) is 17.2 Å². The molecule has 3 rings (SSSR count). The topological polar surface area (TPSA) is 69.4 Å². The van der Waals surface area contributed by atoms with Crippen molar-refractivity contribution < 1.29 is 18.8 Å². The molecule has 6 heteroatoms. The van der Waals surface area contributed by atoms with Gasteiger partial charge in [0.15, 0.2) is 0 Å². The predicted molar refractivity (Wildman–Crippen MR) is 85.6 cm³/mol. The van der Waals surface area contributed by atoms with Crippen molar-refractivity contribution in [3.8, 4) is 10.4 Å². The molecule has 0 spiro atoms. The van der Waals surface area contributed by atoms with E-state index in [0.717, 1.165) is 4.88 Å². The van der Waals surface area contributed by atoms with Crippen LogP contribution in [-0.4, -0.2) is 23.5 Å². The first-order valence-electron chi connectivity index (χ1n) is 7.02. The molecule has 0 saturated carbocycles. The summed E-state index contributed by atoms with van der Waals surface area (Å²) >= 11 is 1.40. The second kappa shape index (κ2) is 6.58. The van der Waals surface area contributed by atoms with Crippen LogP contribution in [0.15, 0.2) is 52.4 Å². The summed E-state index contributed by atoms with van der Waals surface area (Å²) in [6.07, 6.45) is 0. The van der Waals surface area contributed by atoms with Crippen molar-refractivity contribution in [2.75, 3.05) is 6.61 Å². The molecule has 0 bridgehead atoms. The Morgan fingerprint density at radius 1 is 1.17 bits per heavy atom. The summed E-state index contributed by atoms with van der Waals surface area (Å²) in [5, 5.41) is 5.63. The summed E-state index contributed by atoms with van der Waals surface area (Å²) in [4.78, 5) is 25.5. The molecule has 1 aromatic carbocycles. The Morgan fingerprint density at radius 3 is 2.61 bits per heavy atom. The van der Waals surface area contributed by atoms with Gasteiger partial charge in [0, 0.05) is 10.4 Å². The van der Waals surface area contributed by atoms with Gasteiger partial charge in [0.25, 0.3) is 0 Å². The van der Waals surface area contributed by atoms with Crippen LogP contribution in [0, 0.1) is 0 Å². The minimum atomic E-state index is -0.605. The van der Waals surface area contributed by atoms with E-state index in [4.69, 9.17) is 9.26 Å². The lowest BCUT2D eigenvalue weighted by Gasteiger charge is -2.02. The van der Waals surface area contributed by atoms with Crippen LogP contribution >= 0.6 is 11.3 Å². The summed E-state index contributed by atoms with van der Waals surface area (Å²) < 4.78 is 10.2. The number of ketones is 1. The van der Waals surface area contributed by atoms with Gasteiger partial charge in [-0.2, -0.15) is 0 Å². The molecule has 0 atom stereocenters. The number of hydrogen-bond acceptors (Lipinski definition) is 6. The van der Waals surface area contributed by atoms with E-state index < -0.39 is 5.97 Å². The van der Waals surface area contributed by atoms with Gasteiger partial charge in [0.05, 0.1) is 12.2 Å². The molecule has 23 heavy (non-hydrogen) atoms. The molecule has 116 valence electrons. The van der Waals surface area contributed by atoms with Crippen molar-refractivity contribution >= 4 is 23.1 Å². The summed E-state index contributed by atoms with van der Waals surface area (Å²) in [5.41, 5.74) is 0.873. The quantitative estimate of drug-likeness (QED) is 0.526. The van der Waals surface area contributed by atoms with Crippen LogP contribution in [0.1, 0.15) is 33.5 Å². The molecule has 0 aliphatic carbocycles. The maximum absolute atomic E-state index is 12.7. The molecule has 0 aliphatic heterocycles. The SMILES string of the molecule is CCOC(=O)c1noc(C(=O)c2ccccc2)c1-c1cccs1. The van der Waals surface area contributed by atoms with Crippen molar-refractivity contribution in [1.82, 2.24) is 5.16 Å². The molecule has 0 radical (unpaired) electrons. The third-order valence-corrected chi connectivity index (χ3v) is 4.06. The van der Waals surface area contributed by atoms with Crippen LogP contribution in [0.4, 0.5) is 0 Å². The Hall–Kier alpha value is -2.73. The maximum Gasteiger partial charge on any atom is 0.361 e. The van der Waals surface area contributed by atoms with Crippen LogP contribution in [-0.2, 0) is 4.74 Å². The smallest absolute Gasteiger partial charge is 0.361 e. The molecule has 0 saturated heterocycles. The number of hydrogen-bond donors (Lipinski definition) is 0. The number of ether oxygens (including phenoxy) is 1. The molecular weight excluding hydrogens is 314 g/mol. The number of thiophene rings is 1. The van der Waals surface area contributed by atoms with Crippen LogP contribution in [0.2, 0.25) is 0 Å². The molecule has 2 aromatic heterocycles. The van der Waals surface area contributed by atoms with E-state index in [2.05, 4.69) is 5.16 Å². The fourth-order valence-electron chi connectivity index (χ4n) is 2.15. The fourth-order valence-corrected chi connectivity index (χ4v) is 2.92. The fraction of sp³-hybridized carbons (Fsp3) is 0.118. The number of benzene rings is 1. The molecule has 5 nitrogen and oxygen atoms in total. The zero-order valence-electron chi connectivity index (χ0n) is 12.3. The third kappa shape index (κ3) is 2.93. The highest BCUT2D eigenvalue weighted by molar-refractivity contribution is 7.13. The van der Waals surface area contributed by atoms with Gasteiger partial charge < -0.3 is 9.26 Å². The van der Waals surface area contributed by atoms with E-state index in [-0.39, 0.29) is 23.8 Å². The van der Waals surface area contributed by atoms with Crippen molar-refractivity contribution in [2.24, 2.45) is 0 Å². The first-order chi connectivity index (χ1) is 11.2. The lowest BCUT2D eigenvalue weighted by atomic mass is 10.0. The van der Waals surface area contributed by atoms with E-state index in [9.17, 15) is 9.59 Å². The molecule has 2 heterocycles. The minimum absolute atomic E-state index is 0.0218. The summed E-state index contributed by atoms with van der Waals surface area (Å²) in [6.45, 7) is 1.93. The number of nitrogens with zero attached hydrogens (tertiary/aromatic N) is 1. The number of esters is 1. The highest BCUT2D eigenvalue weighted by Gasteiger charge is 2.29. The minimum Gasteiger partial charge on any atom is -0.461 e. The molecular formula is C17H13NO4S. The number of rotatable bonds is 5.